The fourth-order valence-electron chi connectivity index (χ4n) is 2.93. The van der Waals surface area contributed by atoms with Gasteiger partial charge in [-0.25, -0.2) is 0 Å². The van der Waals surface area contributed by atoms with Gasteiger partial charge in [0, 0.05) is 14.9 Å². The van der Waals surface area contributed by atoms with Gasteiger partial charge in [-0.2, -0.15) is 0 Å². The van der Waals surface area contributed by atoms with Crippen LogP contribution in [0.4, 0.5) is 5.00 Å². The summed E-state index contributed by atoms with van der Waals surface area (Å²) >= 11 is 13.2. The molecule has 0 unspecified atom stereocenters. The summed E-state index contributed by atoms with van der Waals surface area (Å²) in [6.45, 7) is -0.467. The van der Waals surface area contributed by atoms with Crippen molar-refractivity contribution in [3.8, 4) is 0 Å². The second-order valence-electron chi connectivity index (χ2n) is 6.05. The molecule has 3 N–H and O–H groups in total. The first-order valence-electron chi connectivity index (χ1n) is 8.19. The van der Waals surface area contributed by atoms with Crippen LogP contribution in [0.2, 0.25) is 10.0 Å². The van der Waals surface area contributed by atoms with E-state index in [4.69, 9.17) is 33.7 Å². The van der Waals surface area contributed by atoms with Crippen LogP contribution in [0.3, 0.4) is 0 Å². The molecule has 3 rings (SSSR count). The van der Waals surface area contributed by atoms with E-state index in [9.17, 15) is 14.4 Å². The molecule has 0 saturated heterocycles. The number of carbonyl (C=O) groups is 3. The van der Waals surface area contributed by atoms with Crippen molar-refractivity contribution in [3.05, 3.63) is 49.8 Å². The largest absolute Gasteiger partial charge is 0.455 e. The number of benzene rings is 1. The van der Waals surface area contributed by atoms with E-state index in [1.165, 1.54) is 17.4 Å². The highest BCUT2D eigenvalue weighted by Crippen LogP contribution is 2.38. The van der Waals surface area contributed by atoms with Crippen molar-refractivity contribution in [3.63, 3.8) is 0 Å². The van der Waals surface area contributed by atoms with Crippen molar-refractivity contribution in [2.45, 2.75) is 25.7 Å². The molecule has 1 aromatic carbocycles. The fourth-order valence-corrected chi connectivity index (χ4v) is 4.72. The van der Waals surface area contributed by atoms with E-state index < -0.39 is 24.4 Å². The number of ether oxygens (including phenoxy) is 1. The van der Waals surface area contributed by atoms with Crippen LogP contribution in [0.1, 0.15) is 32.8 Å². The lowest BCUT2D eigenvalue weighted by molar-refractivity contribution is -0.146. The average Bonchev–Trinajstić information content (AvgIpc) is 3.15. The van der Waals surface area contributed by atoms with E-state index in [2.05, 4.69) is 5.32 Å². The first-order valence-corrected chi connectivity index (χ1v) is 9.76. The summed E-state index contributed by atoms with van der Waals surface area (Å²) in [7, 11) is 0. The van der Waals surface area contributed by atoms with Gasteiger partial charge in [-0.05, 0) is 42.5 Å². The number of fused-ring (bicyclic) bond motifs is 1. The van der Waals surface area contributed by atoms with Crippen LogP contribution in [-0.2, 0) is 33.6 Å². The Morgan fingerprint density at radius 2 is 2.00 bits per heavy atom. The summed E-state index contributed by atoms with van der Waals surface area (Å²) in [4.78, 5) is 36.8. The van der Waals surface area contributed by atoms with Gasteiger partial charge in [-0.3, -0.25) is 14.4 Å². The summed E-state index contributed by atoms with van der Waals surface area (Å²) < 4.78 is 4.99. The van der Waals surface area contributed by atoms with Gasteiger partial charge in [0.15, 0.2) is 6.61 Å². The number of esters is 1. The van der Waals surface area contributed by atoms with Gasteiger partial charge >= 0.3 is 5.97 Å². The lowest BCUT2D eigenvalue weighted by Gasteiger charge is -2.08. The van der Waals surface area contributed by atoms with Crippen LogP contribution in [-0.4, -0.2) is 24.4 Å². The summed E-state index contributed by atoms with van der Waals surface area (Å²) in [5.74, 6) is -1.70. The van der Waals surface area contributed by atoms with E-state index in [-0.39, 0.29) is 6.42 Å². The highest BCUT2D eigenvalue weighted by atomic mass is 35.5. The minimum Gasteiger partial charge on any atom is -0.455 e. The normalized spacial score (nSPS) is 12.5. The Bertz CT molecular complexity index is 926. The minimum absolute atomic E-state index is 0.0802. The molecular weight excluding hydrogens is 411 g/mol. The van der Waals surface area contributed by atoms with Crippen LogP contribution >= 0.6 is 34.5 Å². The predicted octanol–water partition coefficient (Wildman–Crippen LogP) is 3.37. The van der Waals surface area contributed by atoms with E-state index in [1.807, 2.05) is 0 Å². The van der Waals surface area contributed by atoms with Crippen molar-refractivity contribution in [1.29, 1.82) is 0 Å². The number of carbonyl (C=O) groups excluding carboxylic acids is 3. The molecule has 0 aliphatic heterocycles. The first kappa shape index (κ1) is 19.7. The van der Waals surface area contributed by atoms with Crippen molar-refractivity contribution in [2.75, 3.05) is 11.9 Å². The SMILES string of the molecule is NC(=O)c1c(NC(=O)COC(=O)Cc2ccc(Cl)cc2Cl)sc2c1CCC2. The maximum Gasteiger partial charge on any atom is 0.310 e. The molecule has 1 aliphatic rings. The zero-order chi connectivity index (χ0) is 19.6. The number of thiophene rings is 1. The van der Waals surface area contributed by atoms with Gasteiger partial charge < -0.3 is 15.8 Å². The fraction of sp³-hybridized carbons (Fsp3) is 0.278. The summed E-state index contributed by atoms with van der Waals surface area (Å²) in [6.07, 6.45) is 2.54. The maximum absolute atomic E-state index is 12.1. The number of halogens is 2. The zero-order valence-electron chi connectivity index (χ0n) is 14.1. The van der Waals surface area contributed by atoms with Crippen molar-refractivity contribution < 1.29 is 19.1 Å². The molecule has 2 aromatic rings. The Hall–Kier alpha value is -2.09. The summed E-state index contributed by atoms with van der Waals surface area (Å²) in [6, 6.07) is 4.77. The Morgan fingerprint density at radius 1 is 1.22 bits per heavy atom. The summed E-state index contributed by atoms with van der Waals surface area (Å²) in [5.41, 5.74) is 7.28. The third kappa shape index (κ3) is 4.61. The monoisotopic (exact) mass is 426 g/mol. The molecule has 1 aromatic heterocycles. The lowest BCUT2D eigenvalue weighted by atomic mass is 10.1. The van der Waals surface area contributed by atoms with Crippen LogP contribution in [0, 0.1) is 0 Å². The molecule has 142 valence electrons. The number of primary amides is 1. The number of hydrogen-bond acceptors (Lipinski definition) is 5. The van der Waals surface area contributed by atoms with Gasteiger partial charge in [0.1, 0.15) is 5.00 Å². The second kappa shape index (κ2) is 8.29. The third-order valence-corrected chi connectivity index (χ3v) is 5.93. The van der Waals surface area contributed by atoms with Gasteiger partial charge in [-0.15, -0.1) is 11.3 Å². The van der Waals surface area contributed by atoms with Crippen LogP contribution < -0.4 is 11.1 Å². The second-order valence-corrected chi connectivity index (χ2v) is 8.00. The zero-order valence-corrected chi connectivity index (χ0v) is 16.5. The van der Waals surface area contributed by atoms with E-state index in [0.717, 1.165) is 29.7 Å². The van der Waals surface area contributed by atoms with Crippen molar-refractivity contribution >= 4 is 57.3 Å². The Balaban J connectivity index is 1.57. The summed E-state index contributed by atoms with van der Waals surface area (Å²) in [5, 5.41) is 3.84. The van der Waals surface area contributed by atoms with Crippen molar-refractivity contribution in [2.24, 2.45) is 5.73 Å². The number of anilines is 1. The molecule has 0 spiro atoms. The van der Waals surface area contributed by atoms with E-state index in [0.29, 0.717) is 26.2 Å². The number of nitrogens with two attached hydrogens (primary N) is 1. The highest BCUT2D eigenvalue weighted by molar-refractivity contribution is 7.17. The van der Waals surface area contributed by atoms with Crippen molar-refractivity contribution in [1.82, 2.24) is 0 Å². The lowest BCUT2D eigenvalue weighted by Crippen LogP contribution is -2.23. The molecule has 0 radical (unpaired) electrons. The topological polar surface area (TPSA) is 98.5 Å². The quantitative estimate of drug-likeness (QED) is 0.691. The number of amides is 2. The molecule has 6 nitrogen and oxygen atoms in total. The van der Waals surface area contributed by atoms with E-state index in [1.54, 1.807) is 12.1 Å². The molecule has 1 heterocycles. The van der Waals surface area contributed by atoms with Gasteiger partial charge in [0.25, 0.3) is 11.8 Å². The highest BCUT2D eigenvalue weighted by Gasteiger charge is 2.26. The predicted molar refractivity (Wildman–Crippen MR) is 105 cm³/mol. The van der Waals surface area contributed by atoms with Crippen LogP contribution in [0.15, 0.2) is 18.2 Å². The Morgan fingerprint density at radius 3 is 2.70 bits per heavy atom. The molecular formula is C18H16Cl2N2O4S. The smallest absolute Gasteiger partial charge is 0.310 e. The van der Waals surface area contributed by atoms with Gasteiger partial charge in [-0.1, -0.05) is 29.3 Å². The average molecular weight is 427 g/mol. The molecule has 27 heavy (non-hydrogen) atoms. The standard InChI is InChI=1S/C18H16Cl2N2O4S/c19-10-5-4-9(12(20)7-10)6-15(24)26-8-14(23)22-18-16(17(21)25)11-2-1-3-13(11)27-18/h4-5,7H,1-3,6,8H2,(H2,21,25)(H,22,23). The van der Waals surface area contributed by atoms with Crippen LogP contribution in [0.25, 0.3) is 0 Å². The third-order valence-electron chi connectivity index (χ3n) is 4.13. The number of aryl methyl sites for hydroxylation is 1. The molecule has 0 saturated carbocycles. The molecule has 9 heteroatoms. The molecule has 0 fully saturated rings. The number of nitrogens with one attached hydrogen (secondary N) is 1. The minimum atomic E-state index is -0.599. The first-order chi connectivity index (χ1) is 12.8. The van der Waals surface area contributed by atoms with Gasteiger partial charge in [0.2, 0.25) is 0 Å². The number of rotatable bonds is 6. The van der Waals surface area contributed by atoms with E-state index >= 15 is 0 Å². The Labute approximate surface area is 169 Å². The van der Waals surface area contributed by atoms with Gasteiger partial charge in [0.05, 0.1) is 12.0 Å². The molecule has 0 bridgehead atoms. The Kier molecular flexibility index (Phi) is 6.04. The molecule has 1 aliphatic carbocycles. The number of hydrogen-bond donors (Lipinski definition) is 2. The molecule has 2 amide bonds. The molecule has 0 atom stereocenters. The van der Waals surface area contributed by atoms with Crippen LogP contribution in [0.5, 0.6) is 0 Å². The maximum atomic E-state index is 12.1.